The van der Waals surface area contributed by atoms with Crippen molar-refractivity contribution in [1.29, 1.82) is 0 Å². The van der Waals surface area contributed by atoms with Crippen LogP contribution in [0.3, 0.4) is 0 Å². The van der Waals surface area contributed by atoms with E-state index in [9.17, 15) is 5.11 Å². The van der Waals surface area contributed by atoms with Gasteiger partial charge in [-0.15, -0.1) is 0 Å². The molecule has 1 aliphatic heterocycles. The quantitative estimate of drug-likeness (QED) is 0.720. The third kappa shape index (κ3) is 1.60. The highest BCUT2D eigenvalue weighted by molar-refractivity contribution is 7.03. The Hall–Kier alpha value is -0.490. The Kier molecular flexibility index (Phi) is 2.33. The van der Waals surface area contributed by atoms with Crippen molar-refractivity contribution in [2.24, 2.45) is 5.73 Å². The number of ether oxygens (including phenoxy) is 1. The van der Waals surface area contributed by atoms with Gasteiger partial charge < -0.3 is 15.6 Å². The zero-order chi connectivity index (χ0) is 9.31. The number of hydrogen-bond donors (Lipinski definition) is 2. The Bertz CT molecular complexity index is 270. The molecule has 0 aromatic carbocycles. The first kappa shape index (κ1) is 9.08. The largest absolute Gasteiger partial charge is 0.385 e. The van der Waals surface area contributed by atoms with Crippen molar-refractivity contribution in [2.45, 2.75) is 18.1 Å². The molecule has 0 saturated carbocycles. The number of aromatic nitrogens is 1. The summed E-state index contributed by atoms with van der Waals surface area (Å²) in [6.45, 7) is 0.889. The van der Waals surface area contributed by atoms with E-state index in [0.29, 0.717) is 19.6 Å². The molecular formula is C8H12N2O2S. The highest BCUT2D eigenvalue weighted by Crippen LogP contribution is 2.30. The van der Waals surface area contributed by atoms with Crippen LogP contribution in [0.1, 0.15) is 18.2 Å². The Morgan fingerprint density at radius 1 is 1.77 bits per heavy atom. The van der Waals surface area contributed by atoms with E-state index in [2.05, 4.69) is 4.37 Å². The first-order valence-electron chi connectivity index (χ1n) is 4.18. The van der Waals surface area contributed by atoms with E-state index >= 15 is 0 Å². The van der Waals surface area contributed by atoms with Gasteiger partial charge in [-0.25, -0.2) is 0 Å². The van der Waals surface area contributed by atoms with Crippen molar-refractivity contribution in [2.75, 3.05) is 13.2 Å². The minimum absolute atomic E-state index is 0.311. The first-order valence-corrected chi connectivity index (χ1v) is 5.02. The van der Waals surface area contributed by atoms with E-state index in [1.54, 1.807) is 0 Å². The molecule has 0 bridgehead atoms. The molecule has 3 N–H and O–H groups in total. The van der Waals surface area contributed by atoms with Crippen LogP contribution in [-0.4, -0.2) is 28.3 Å². The summed E-state index contributed by atoms with van der Waals surface area (Å²) in [7, 11) is 0. The van der Waals surface area contributed by atoms with Gasteiger partial charge in [-0.1, -0.05) is 0 Å². The van der Waals surface area contributed by atoms with Crippen molar-refractivity contribution in [3.63, 3.8) is 0 Å². The monoisotopic (exact) mass is 200 g/mol. The number of nitrogens with zero attached hydrogens (tertiary/aromatic N) is 1. The fourth-order valence-corrected chi connectivity index (χ4v) is 2.03. The predicted octanol–water partition coefficient (Wildman–Crippen LogP) is 0.294. The van der Waals surface area contributed by atoms with Crippen LogP contribution in [0, 0.1) is 0 Å². The third-order valence-corrected chi connectivity index (χ3v) is 2.96. The summed E-state index contributed by atoms with van der Waals surface area (Å²) >= 11 is 1.34. The van der Waals surface area contributed by atoms with E-state index in [4.69, 9.17) is 10.5 Å². The summed E-state index contributed by atoms with van der Waals surface area (Å²) in [4.78, 5) is 0. The van der Waals surface area contributed by atoms with E-state index in [-0.39, 0.29) is 0 Å². The Morgan fingerprint density at radius 3 is 3.15 bits per heavy atom. The lowest BCUT2D eigenvalue weighted by molar-refractivity contribution is 0.00265. The maximum absolute atomic E-state index is 10.0. The van der Waals surface area contributed by atoms with Gasteiger partial charge in [0.25, 0.3) is 0 Å². The molecular weight excluding hydrogens is 188 g/mol. The molecule has 0 aliphatic carbocycles. The summed E-state index contributed by atoms with van der Waals surface area (Å²) in [6, 6.07) is 1.41. The highest BCUT2D eigenvalue weighted by atomic mass is 32.1. The van der Waals surface area contributed by atoms with Gasteiger partial charge in [0, 0.05) is 18.4 Å². The lowest BCUT2D eigenvalue weighted by atomic mass is 9.92. The Labute approximate surface area is 80.5 Å². The second kappa shape index (κ2) is 3.34. The number of aliphatic hydroxyl groups is 1. The van der Waals surface area contributed by atoms with Crippen molar-refractivity contribution >= 4 is 11.5 Å². The normalized spacial score (nSPS) is 30.6. The van der Waals surface area contributed by atoms with E-state index in [0.717, 1.165) is 5.69 Å². The topological polar surface area (TPSA) is 68.4 Å². The number of hydrogen-bond acceptors (Lipinski definition) is 5. The molecule has 5 heteroatoms. The van der Waals surface area contributed by atoms with Crippen LogP contribution < -0.4 is 5.73 Å². The second-order valence-corrected chi connectivity index (χ2v) is 3.97. The van der Waals surface area contributed by atoms with E-state index < -0.39 is 11.6 Å². The average Bonchev–Trinajstić information content (AvgIpc) is 2.73. The van der Waals surface area contributed by atoms with Gasteiger partial charge in [-0.2, -0.15) is 4.37 Å². The maximum Gasteiger partial charge on any atom is 0.111 e. The van der Waals surface area contributed by atoms with Gasteiger partial charge in [0.15, 0.2) is 0 Å². The summed E-state index contributed by atoms with van der Waals surface area (Å²) in [6.07, 6.45) is 0.589. The van der Waals surface area contributed by atoms with Gasteiger partial charge in [-0.05, 0) is 17.6 Å². The molecule has 0 amide bonds. The van der Waals surface area contributed by atoms with Gasteiger partial charge in [0.1, 0.15) is 5.60 Å². The highest BCUT2D eigenvalue weighted by Gasteiger charge is 2.40. The molecule has 1 aliphatic rings. The van der Waals surface area contributed by atoms with Gasteiger partial charge in [-0.3, -0.25) is 0 Å². The molecule has 2 unspecified atom stereocenters. The summed E-state index contributed by atoms with van der Waals surface area (Å²) in [5, 5.41) is 11.9. The standard InChI is InChI=1S/C8H12N2O2S/c9-7(6-1-4-13-10-6)8(11)2-3-12-5-8/h1,4,7,11H,2-3,5,9H2. The lowest BCUT2D eigenvalue weighted by Gasteiger charge is -2.26. The van der Waals surface area contributed by atoms with Gasteiger partial charge in [0.2, 0.25) is 0 Å². The SMILES string of the molecule is NC(c1ccsn1)C1(O)CCOC1. The molecule has 1 aromatic rings. The van der Waals surface area contributed by atoms with Crippen LogP contribution in [0.15, 0.2) is 11.4 Å². The van der Waals surface area contributed by atoms with Crippen LogP contribution in [0.4, 0.5) is 0 Å². The van der Waals surface area contributed by atoms with Crippen LogP contribution in [-0.2, 0) is 4.74 Å². The van der Waals surface area contributed by atoms with Crippen LogP contribution in [0.5, 0.6) is 0 Å². The predicted molar refractivity (Wildman–Crippen MR) is 49.4 cm³/mol. The minimum atomic E-state index is -0.923. The summed E-state index contributed by atoms with van der Waals surface area (Å²) in [5.41, 5.74) is 5.72. The smallest absolute Gasteiger partial charge is 0.111 e. The number of nitrogens with two attached hydrogens (primary N) is 1. The first-order chi connectivity index (χ1) is 6.22. The minimum Gasteiger partial charge on any atom is -0.385 e. The zero-order valence-corrected chi connectivity index (χ0v) is 7.96. The van der Waals surface area contributed by atoms with Crippen LogP contribution >= 0.6 is 11.5 Å². The number of rotatable bonds is 2. The molecule has 1 aromatic heterocycles. The van der Waals surface area contributed by atoms with Crippen molar-refractivity contribution in [3.05, 3.63) is 17.1 Å². The fraction of sp³-hybridized carbons (Fsp3) is 0.625. The molecule has 1 fully saturated rings. The molecule has 1 saturated heterocycles. The fourth-order valence-electron chi connectivity index (χ4n) is 1.47. The summed E-state index contributed by atoms with van der Waals surface area (Å²) < 4.78 is 9.23. The third-order valence-electron chi connectivity index (χ3n) is 2.39. The Balaban J connectivity index is 2.16. The van der Waals surface area contributed by atoms with Gasteiger partial charge >= 0.3 is 0 Å². The Morgan fingerprint density at radius 2 is 2.62 bits per heavy atom. The molecule has 0 spiro atoms. The van der Waals surface area contributed by atoms with Crippen LogP contribution in [0.2, 0.25) is 0 Å². The second-order valence-electron chi connectivity index (χ2n) is 3.31. The molecule has 4 nitrogen and oxygen atoms in total. The van der Waals surface area contributed by atoms with Gasteiger partial charge in [0.05, 0.1) is 18.3 Å². The van der Waals surface area contributed by atoms with Crippen molar-refractivity contribution < 1.29 is 9.84 Å². The van der Waals surface area contributed by atoms with Crippen molar-refractivity contribution in [1.82, 2.24) is 4.37 Å². The maximum atomic E-state index is 10.0. The molecule has 2 heterocycles. The van der Waals surface area contributed by atoms with Crippen molar-refractivity contribution in [3.8, 4) is 0 Å². The average molecular weight is 200 g/mol. The molecule has 2 atom stereocenters. The zero-order valence-electron chi connectivity index (χ0n) is 7.14. The molecule has 0 radical (unpaired) electrons. The van der Waals surface area contributed by atoms with Crippen LogP contribution in [0.25, 0.3) is 0 Å². The molecule has 72 valence electrons. The summed E-state index contributed by atoms with van der Waals surface area (Å²) in [5.74, 6) is 0. The lowest BCUT2D eigenvalue weighted by Crippen LogP contribution is -2.41. The van der Waals surface area contributed by atoms with E-state index in [1.807, 2.05) is 11.4 Å². The molecule has 2 rings (SSSR count). The van der Waals surface area contributed by atoms with E-state index in [1.165, 1.54) is 11.5 Å². The molecule has 13 heavy (non-hydrogen) atoms.